The molecule has 1 atom stereocenters. The molecule has 7 nitrogen and oxygen atoms in total. The summed E-state index contributed by atoms with van der Waals surface area (Å²) >= 11 is 0. The van der Waals surface area contributed by atoms with Gasteiger partial charge in [-0.2, -0.15) is 4.68 Å². The number of nitrogens with one attached hydrogen (secondary N) is 1. The molecule has 0 saturated carbocycles. The Hall–Kier alpha value is -1.83. The zero-order valence-electron chi connectivity index (χ0n) is 12.6. The minimum atomic E-state index is 0.0289. The maximum absolute atomic E-state index is 5.16. The van der Waals surface area contributed by atoms with Gasteiger partial charge < -0.3 is 14.8 Å². The van der Waals surface area contributed by atoms with Crippen LogP contribution in [0.3, 0.4) is 0 Å². The zero-order valence-corrected chi connectivity index (χ0v) is 12.6. The van der Waals surface area contributed by atoms with E-state index in [1.165, 1.54) is 0 Å². The number of ether oxygens (including phenoxy) is 2. The third-order valence-corrected chi connectivity index (χ3v) is 3.10. The van der Waals surface area contributed by atoms with E-state index in [9.17, 15) is 0 Å². The number of hydrogen-bond donors (Lipinski definition) is 1. The summed E-state index contributed by atoms with van der Waals surface area (Å²) in [5.74, 6) is 0.765. The first-order valence-electron chi connectivity index (χ1n) is 6.85. The van der Waals surface area contributed by atoms with Crippen molar-refractivity contribution in [2.45, 2.75) is 19.6 Å². The predicted octanol–water partition coefficient (Wildman–Crippen LogP) is 1.11. The van der Waals surface area contributed by atoms with Crippen LogP contribution in [0.5, 0.6) is 0 Å². The van der Waals surface area contributed by atoms with Crippen LogP contribution < -0.4 is 5.32 Å². The minimum Gasteiger partial charge on any atom is -0.383 e. The topological polar surface area (TPSA) is 74.1 Å². The molecule has 2 rings (SSSR count). The van der Waals surface area contributed by atoms with E-state index in [1.54, 1.807) is 18.9 Å². The molecule has 21 heavy (non-hydrogen) atoms. The Balaban J connectivity index is 2.17. The molecule has 1 unspecified atom stereocenters. The average molecular weight is 291 g/mol. The predicted molar refractivity (Wildman–Crippen MR) is 78.2 cm³/mol. The van der Waals surface area contributed by atoms with Gasteiger partial charge >= 0.3 is 0 Å². The van der Waals surface area contributed by atoms with E-state index in [0.717, 1.165) is 23.6 Å². The normalized spacial score (nSPS) is 12.5. The van der Waals surface area contributed by atoms with Crippen molar-refractivity contribution in [1.82, 2.24) is 25.5 Å². The maximum atomic E-state index is 5.16. The van der Waals surface area contributed by atoms with Gasteiger partial charge in [-0.15, -0.1) is 5.10 Å². The van der Waals surface area contributed by atoms with E-state index < -0.39 is 0 Å². The lowest BCUT2D eigenvalue weighted by atomic mass is 10.2. The number of aromatic nitrogens is 4. The molecule has 0 radical (unpaired) electrons. The van der Waals surface area contributed by atoms with Crippen molar-refractivity contribution < 1.29 is 9.47 Å². The zero-order chi connectivity index (χ0) is 15.1. The molecule has 0 bridgehead atoms. The van der Waals surface area contributed by atoms with Gasteiger partial charge in [-0.1, -0.05) is 12.1 Å². The molecule has 1 N–H and O–H groups in total. The van der Waals surface area contributed by atoms with E-state index >= 15 is 0 Å². The third-order valence-electron chi connectivity index (χ3n) is 3.10. The van der Waals surface area contributed by atoms with Crippen molar-refractivity contribution in [3.8, 4) is 5.69 Å². The van der Waals surface area contributed by atoms with Crippen molar-refractivity contribution >= 4 is 0 Å². The van der Waals surface area contributed by atoms with Crippen molar-refractivity contribution in [2.75, 3.05) is 27.4 Å². The Morgan fingerprint density at radius 2 is 2.14 bits per heavy atom. The highest BCUT2D eigenvalue weighted by molar-refractivity contribution is 5.35. The van der Waals surface area contributed by atoms with Gasteiger partial charge in [0.2, 0.25) is 0 Å². The van der Waals surface area contributed by atoms with Gasteiger partial charge in [0.05, 0.1) is 24.9 Å². The number of rotatable bonds is 8. The summed E-state index contributed by atoms with van der Waals surface area (Å²) in [6.45, 7) is 3.98. The van der Waals surface area contributed by atoms with E-state index in [2.05, 4.69) is 20.8 Å². The van der Waals surface area contributed by atoms with E-state index in [-0.39, 0.29) is 6.04 Å². The van der Waals surface area contributed by atoms with Crippen molar-refractivity contribution in [2.24, 2.45) is 0 Å². The summed E-state index contributed by atoms with van der Waals surface area (Å²) in [7, 11) is 3.36. The summed E-state index contributed by atoms with van der Waals surface area (Å²) in [4.78, 5) is 0. The summed E-state index contributed by atoms with van der Waals surface area (Å²) in [5.41, 5.74) is 2.00. The van der Waals surface area contributed by atoms with E-state index in [0.29, 0.717) is 13.2 Å². The number of tetrazole rings is 1. The van der Waals surface area contributed by atoms with Crippen molar-refractivity contribution in [3.05, 3.63) is 35.7 Å². The fraction of sp³-hybridized carbons (Fsp3) is 0.500. The molecule has 7 heteroatoms. The van der Waals surface area contributed by atoms with Gasteiger partial charge in [0.25, 0.3) is 0 Å². The Bertz CT molecular complexity index is 558. The quantitative estimate of drug-likeness (QED) is 0.734. The minimum absolute atomic E-state index is 0.0289. The number of hydrogen-bond acceptors (Lipinski definition) is 6. The van der Waals surface area contributed by atoms with Crippen LogP contribution in [0.15, 0.2) is 24.3 Å². The lowest BCUT2D eigenvalue weighted by Gasteiger charge is -2.13. The van der Waals surface area contributed by atoms with Crippen LogP contribution in [-0.4, -0.2) is 47.6 Å². The molecular formula is C14H21N5O2. The van der Waals surface area contributed by atoms with Gasteiger partial charge in [0.15, 0.2) is 5.82 Å². The van der Waals surface area contributed by atoms with Gasteiger partial charge in [0.1, 0.15) is 0 Å². The summed E-state index contributed by atoms with van der Waals surface area (Å²) in [5, 5.41) is 15.3. The Labute approximate surface area is 124 Å². The molecule has 0 saturated heterocycles. The van der Waals surface area contributed by atoms with Crippen molar-refractivity contribution in [3.63, 3.8) is 0 Å². The van der Waals surface area contributed by atoms with Crippen LogP contribution in [-0.2, 0) is 16.1 Å². The fourth-order valence-corrected chi connectivity index (χ4v) is 2.06. The second-order valence-corrected chi connectivity index (χ2v) is 4.72. The monoisotopic (exact) mass is 291 g/mol. The Morgan fingerprint density at radius 3 is 2.90 bits per heavy atom. The fourth-order valence-electron chi connectivity index (χ4n) is 2.06. The maximum Gasteiger partial charge on any atom is 0.173 e. The lowest BCUT2D eigenvalue weighted by molar-refractivity contribution is 0.185. The first-order valence-corrected chi connectivity index (χ1v) is 6.85. The van der Waals surface area contributed by atoms with Gasteiger partial charge in [-0.05, 0) is 35.0 Å². The average Bonchev–Trinajstić information content (AvgIpc) is 2.97. The molecule has 0 amide bonds. The van der Waals surface area contributed by atoms with Crippen LogP contribution in [0.25, 0.3) is 5.69 Å². The molecule has 1 heterocycles. The molecule has 0 fully saturated rings. The Kier molecular flexibility index (Phi) is 5.79. The molecule has 1 aromatic heterocycles. The summed E-state index contributed by atoms with van der Waals surface area (Å²) < 4.78 is 11.9. The van der Waals surface area contributed by atoms with Crippen LogP contribution in [0.2, 0.25) is 0 Å². The highest BCUT2D eigenvalue weighted by Crippen LogP contribution is 2.15. The second-order valence-electron chi connectivity index (χ2n) is 4.72. The van der Waals surface area contributed by atoms with Gasteiger partial charge in [-0.3, -0.25) is 0 Å². The SMILES string of the molecule is COCCNC(C)c1nnnn1-c1cccc(COC)c1. The first-order chi connectivity index (χ1) is 10.3. The van der Waals surface area contributed by atoms with Gasteiger partial charge in [-0.25, -0.2) is 0 Å². The first kappa shape index (κ1) is 15.6. The Morgan fingerprint density at radius 1 is 1.29 bits per heavy atom. The summed E-state index contributed by atoms with van der Waals surface area (Å²) in [6.07, 6.45) is 0. The molecule has 1 aromatic carbocycles. The molecule has 0 aliphatic rings. The molecule has 2 aromatic rings. The van der Waals surface area contributed by atoms with Crippen LogP contribution >= 0.6 is 0 Å². The second kappa shape index (κ2) is 7.82. The largest absolute Gasteiger partial charge is 0.383 e. The highest BCUT2D eigenvalue weighted by Gasteiger charge is 2.15. The standard InChI is InChI=1S/C14H21N5O2/c1-11(15-7-8-20-2)14-16-17-18-19(14)13-6-4-5-12(9-13)10-21-3/h4-6,9,11,15H,7-8,10H2,1-3H3. The van der Waals surface area contributed by atoms with Crippen LogP contribution in [0, 0.1) is 0 Å². The third kappa shape index (κ3) is 4.07. The van der Waals surface area contributed by atoms with Crippen molar-refractivity contribution in [1.29, 1.82) is 0 Å². The molecule has 0 aliphatic heterocycles. The lowest BCUT2D eigenvalue weighted by Crippen LogP contribution is -2.25. The highest BCUT2D eigenvalue weighted by atomic mass is 16.5. The summed E-state index contributed by atoms with van der Waals surface area (Å²) in [6, 6.07) is 8.00. The molecule has 114 valence electrons. The van der Waals surface area contributed by atoms with E-state index in [4.69, 9.17) is 9.47 Å². The molecule has 0 spiro atoms. The number of methoxy groups -OCH3 is 2. The molecular weight excluding hydrogens is 270 g/mol. The number of nitrogens with zero attached hydrogens (tertiary/aromatic N) is 4. The number of benzene rings is 1. The van der Waals surface area contributed by atoms with Crippen LogP contribution in [0.4, 0.5) is 0 Å². The smallest absolute Gasteiger partial charge is 0.173 e. The van der Waals surface area contributed by atoms with E-state index in [1.807, 2.05) is 31.2 Å². The molecule has 0 aliphatic carbocycles. The van der Waals surface area contributed by atoms with Crippen LogP contribution in [0.1, 0.15) is 24.4 Å². The van der Waals surface area contributed by atoms with Gasteiger partial charge in [0, 0.05) is 20.8 Å².